The van der Waals surface area contributed by atoms with Crippen LogP contribution in [0.5, 0.6) is 0 Å². The van der Waals surface area contributed by atoms with E-state index >= 15 is 0 Å². The number of halogens is 1. The molecule has 0 aromatic heterocycles. The lowest BCUT2D eigenvalue weighted by Crippen LogP contribution is -3.04. The van der Waals surface area contributed by atoms with Gasteiger partial charge < -0.3 is 4.90 Å². The van der Waals surface area contributed by atoms with E-state index in [9.17, 15) is 4.39 Å². The van der Waals surface area contributed by atoms with Crippen LogP contribution in [-0.4, -0.2) is 20.4 Å². The second-order valence-electron chi connectivity index (χ2n) is 4.91. The molecule has 0 heterocycles. The molecule has 0 radical (unpaired) electrons. The van der Waals surface area contributed by atoms with E-state index in [2.05, 4.69) is 44.6 Å². The van der Waals surface area contributed by atoms with Gasteiger partial charge in [0.15, 0.2) is 0 Å². The Bertz CT molecular complexity index is 567. The average Bonchev–Trinajstić information content (AvgIpc) is 2.42. The molecular weight excluding hydrogens is 289 g/mol. The van der Waals surface area contributed by atoms with Gasteiger partial charge >= 0.3 is 0 Å². The van der Waals surface area contributed by atoms with Gasteiger partial charge in [-0.25, -0.2) is 4.39 Å². The van der Waals surface area contributed by atoms with Gasteiger partial charge in [0.2, 0.25) is 0 Å². The highest BCUT2D eigenvalue weighted by molar-refractivity contribution is 7.99. The zero-order chi connectivity index (χ0) is 14.5. The van der Waals surface area contributed by atoms with Crippen LogP contribution < -0.4 is 4.90 Å². The summed E-state index contributed by atoms with van der Waals surface area (Å²) in [5, 5.41) is 0. The van der Waals surface area contributed by atoms with E-state index in [-0.39, 0.29) is 5.82 Å². The Balaban J connectivity index is 2.22. The second-order valence-corrected chi connectivity index (χ2v) is 6.91. The Hall–Kier alpha value is -0.970. The fraction of sp³-hybridized carbons (Fsp3) is 0.250. The van der Waals surface area contributed by atoms with Crippen LogP contribution in [-0.2, 0) is 6.54 Å². The number of rotatable bonds is 5. The smallest absolute Gasteiger partial charge is 0.123 e. The lowest BCUT2D eigenvalue weighted by Gasteiger charge is -2.12. The molecule has 0 bridgehead atoms. The zero-order valence-electron chi connectivity index (χ0n) is 11.9. The van der Waals surface area contributed by atoms with Crippen LogP contribution in [0, 0.1) is 5.82 Å². The number of quaternary nitrogens is 1. The van der Waals surface area contributed by atoms with Crippen LogP contribution in [0.15, 0.2) is 57.2 Å². The molecule has 0 aliphatic rings. The molecule has 0 unspecified atom stereocenters. The van der Waals surface area contributed by atoms with Gasteiger partial charge in [-0.15, -0.1) is 11.8 Å². The van der Waals surface area contributed by atoms with E-state index in [1.54, 1.807) is 29.6 Å². The second kappa shape index (κ2) is 7.16. The lowest BCUT2D eigenvalue weighted by atomic mass is 10.2. The Morgan fingerprint density at radius 1 is 1.00 bits per heavy atom. The molecule has 1 N–H and O–H groups in total. The predicted molar refractivity (Wildman–Crippen MR) is 85.3 cm³/mol. The van der Waals surface area contributed by atoms with E-state index in [0.29, 0.717) is 0 Å². The fourth-order valence-corrected chi connectivity index (χ4v) is 3.27. The molecule has 0 atom stereocenters. The maximum absolute atomic E-state index is 13.4. The summed E-state index contributed by atoms with van der Waals surface area (Å²) in [6, 6.07) is 13.5. The Kier molecular flexibility index (Phi) is 5.52. The van der Waals surface area contributed by atoms with Crippen molar-refractivity contribution in [3.05, 3.63) is 53.8 Å². The van der Waals surface area contributed by atoms with Gasteiger partial charge in [0.05, 0.1) is 14.1 Å². The van der Waals surface area contributed by atoms with Crippen molar-refractivity contribution in [2.75, 3.05) is 20.4 Å². The minimum atomic E-state index is -0.164. The predicted octanol–water partition coefficient (Wildman–Crippen LogP) is 3.34. The number of benzene rings is 2. The van der Waals surface area contributed by atoms with Crippen molar-refractivity contribution >= 4 is 23.5 Å². The van der Waals surface area contributed by atoms with Gasteiger partial charge in [-0.1, -0.05) is 11.8 Å². The number of nitrogens with one attached hydrogen (secondary N) is 1. The van der Waals surface area contributed by atoms with Gasteiger partial charge in [0, 0.05) is 20.2 Å². The number of thioether (sulfide) groups is 1. The maximum atomic E-state index is 13.4. The van der Waals surface area contributed by atoms with Crippen molar-refractivity contribution in [1.29, 1.82) is 0 Å². The van der Waals surface area contributed by atoms with E-state index in [0.717, 1.165) is 17.0 Å². The zero-order valence-corrected chi connectivity index (χ0v) is 13.6. The molecule has 0 aliphatic heterocycles. The standard InChI is InChI=1S/C16H18FNS2/c1-18(2)11-12-10-13(17)4-9-16(12)20-15-7-5-14(19-3)6-8-15/h4-10H,11H2,1-3H3/p+1. The lowest BCUT2D eigenvalue weighted by molar-refractivity contribution is -0.872. The SMILES string of the molecule is CSc1ccc(Sc2ccc(F)cc2C[NH+](C)C)cc1. The highest BCUT2D eigenvalue weighted by Crippen LogP contribution is 2.31. The van der Waals surface area contributed by atoms with Gasteiger partial charge in [0.25, 0.3) is 0 Å². The third-order valence-electron chi connectivity index (χ3n) is 2.85. The van der Waals surface area contributed by atoms with Crippen molar-refractivity contribution in [2.24, 2.45) is 0 Å². The molecule has 2 aromatic rings. The normalized spacial score (nSPS) is 11.1. The summed E-state index contributed by atoms with van der Waals surface area (Å²) in [5.41, 5.74) is 1.06. The molecule has 0 amide bonds. The molecule has 106 valence electrons. The third-order valence-corrected chi connectivity index (χ3v) is 4.72. The molecule has 0 aliphatic carbocycles. The first-order valence-corrected chi connectivity index (χ1v) is 8.52. The minimum Gasteiger partial charge on any atom is -0.336 e. The summed E-state index contributed by atoms with van der Waals surface area (Å²) in [6.07, 6.45) is 2.07. The third kappa shape index (κ3) is 4.27. The van der Waals surface area contributed by atoms with Crippen molar-refractivity contribution in [2.45, 2.75) is 21.2 Å². The molecule has 4 heteroatoms. The highest BCUT2D eigenvalue weighted by atomic mass is 32.2. The van der Waals surface area contributed by atoms with Crippen LogP contribution in [0.3, 0.4) is 0 Å². The van der Waals surface area contributed by atoms with Crippen molar-refractivity contribution in [1.82, 2.24) is 0 Å². The van der Waals surface area contributed by atoms with Crippen molar-refractivity contribution in [3.63, 3.8) is 0 Å². The first kappa shape index (κ1) is 15.4. The van der Waals surface area contributed by atoms with Crippen molar-refractivity contribution in [3.8, 4) is 0 Å². The maximum Gasteiger partial charge on any atom is 0.123 e. The molecule has 0 spiro atoms. The van der Waals surface area contributed by atoms with E-state index in [1.807, 2.05) is 6.07 Å². The monoisotopic (exact) mass is 308 g/mol. The molecule has 2 rings (SSSR count). The minimum absolute atomic E-state index is 0.164. The van der Waals surface area contributed by atoms with Gasteiger partial charge in [0.1, 0.15) is 12.4 Å². The van der Waals surface area contributed by atoms with E-state index < -0.39 is 0 Å². The summed E-state index contributed by atoms with van der Waals surface area (Å²) in [7, 11) is 4.15. The van der Waals surface area contributed by atoms with Crippen LogP contribution >= 0.6 is 23.5 Å². The average molecular weight is 308 g/mol. The Morgan fingerprint density at radius 2 is 1.65 bits per heavy atom. The van der Waals surface area contributed by atoms with Crippen molar-refractivity contribution < 1.29 is 9.29 Å². The number of hydrogen-bond acceptors (Lipinski definition) is 2. The van der Waals surface area contributed by atoms with Crippen LogP contribution in [0.4, 0.5) is 4.39 Å². The van der Waals surface area contributed by atoms with Gasteiger partial charge in [-0.3, -0.25) is 0 Å². The summed E-state index contributed by atoms with van der Waals surface area (Å²) in [4.78, 5) is 4.86. The first-order valence-electron chi connectivity index (χ1n) is 6.48. The molecule has 0 saturated heterocycles. The largest absolute Gasteiger partial charge is 0.336 e. The van der Waals surface area contributed by atoms with Gasteiger partial charge in [-0.05, 0) is 48.7 Å². The molecule has 2 aromatic carbocycles. The summed E-state index contributed by atoms with van der Waals surface area (Å²) in [5.74, 6) is -0.164. The highest BCUT2D eigenvalue weighted by Gasteiger charge is 2.09. The van der Waals surface area contributed by atoms with Gasteiger partial charge in [-0.2, -0.15) is 0 Å². The molecule has 20 heavy (non-hydrogen) atoms. The van der Waals surface area contributed by atoms with E-state index in [1.165, 1.54) is 20.8 Å². The van der Waals surface area contributed by atoms with Crippen LogP contribution in [0.1, 0.15) is 5.56 Å². The Labute approximate surface area is 128 Å². The van der Waals surface area contributed by atoms with E-state index in [4.69, 9.17) is 0 Å². The quantitative estimate of drug-likeness (QED) is 0.845. The summed E-state index contributed by atoms with van der Waals surface area (Å²) < 4.78 is 13.4. The molecule has 0 fully saturated rings. The topological polar surface area (TPSA) is 4.44 Å². The molecule has 1 nitrogen and oxygen atoms in total. The molecule has 0 saturated carbocycles. The Morgan fingerprint density at radius 3 is 2.25 bits per heavy atom. The first-order chi connectivity index (χ1) is 9.58. The summed E-state index contributed by atoms with van der Waals surface area (Å²) >= 11 is 3.43. The fourth-order valence-electron chi connectivity index (χ4n) is 1.94. The van der Waals surface area contributed by atoms with Crippen LogP contribution in [0.25, 0.3) is 0 Å². The summed E-state index contributed by atoms with van der Waals surface area (Å²) in [6.45, 7) is 0.822. The number of hydrogen-bond donors (Lipinski definition) is 1. The van der Waals surface area contributed by atoms with Crippen LogP contribution in [0.2, 0.25) is 0 Å². The molecular formula is C16H19FNS2+.